The van der Waals surface area contributed by atoms with Crippen LogP contribution in [0.2, 0.25) is 0 Å². The molecule has 2 N–H and O–H groups in total. The van der Waals surface area contributed by atoms with Gasteiger partial charge in [-0.15, -0.1) is 11.3 Å². The van der Waals surface area contributed by atoms with E-state index in [1.807, 2.05) is 19.2 Å². The number of hydrogen-bond acceptors (Lipinski definition) is 4. The molecule has 1 aromatic heterocycles. The molecule has 0 unspecified atom stereocenters. The van der Waals surface area contributed by atoms with Crippen molar-refractivity contribution >= 4 is 17.3 Å². The van der Waals surface area contributed by atoms with Gasteiger partial charge in [0.1, 0.15) is 5.54 Å². The quantitative estimate of drug-likeness (QED) is 0.799. The third-order valence-electron chi connectivity index (χ3n) is 3.29. The molecular formula is C13H22N2O2S. The second-order valence-corrected chi connectivity index (χ2v) is 5.67. The Morgan fingerprint density at radius 3 is 2.50 bits per heavy atom. The number of nitrogens with one attached hydrogen (secondary N) is 1. The Kier molecular flexibility index (Phi) is 5.28. The van der Waals surface area contributed by atoms with Crippen LogP contribution in [0.15, 0.2) is 5.38 Å². The number of carboxylic acids is 1. The molecule has 0 radical (unpaired) electrons. The van der Waals surface area contributed by atoms with Crippen molar-refractivity contribution in [1.29, 1.82) is 0 Å². The van der Waals surface area contributed by atoms with Gasteiger partial charge in [0.25, 0.3) is 0 Å². The number of thiazole rings is 1. The molecule has 0 aliphatic rings. The molecule has 1 heterocycles. The van der Waals surface area contributed by atoms with E-state index < -0.39 is 11.5 Å². The Morgan fingerprint density at radius 1 is 1.50 bits per heavy atom. The number of carboxylic acid groups (broad SMARTS) is 1. The summed E-state index contributed by atoms with van der Waals surface area (Å²) in [5, 5.41) is 15.6. The topological polar surface area (TPSA) is 62.2 Å². The molecule has 0 aromatic carbocycles. The van der Waals surface area contributed by atoms with E-state index in [1.54, 1.807) is 11.3 Å². The highest BCUT2D eigenvalue weighted by Crippen LogP contribution is 2.21. The van der Waals surface area contributed by atoms with E-state index in [4.69, 9.17) is 0 Å². The summed E-state index contributed by atoms with van der Waals surface area (Å²) in [6.45, 7) is 8.51. The van der Waals surface area contributed by atoms with Crippen LogP contribution in [0.25, 0.3) is 0 Å². The zero-order valence-corrected chi connectivity index (χ0v) is 12.3. The molecule has 0 fully saturated rings. The first kappa shape index (κ1) is 15.1. The first-order valence-corrected chi connectivity index (χ1v) is 7.25. The van der Waals surface area contributed by atoms with Crippen molar-refractivity contribution in [2.24, 2.45) is 0 Å². The van der Waals surface area contributed by atoms with Gasteiger partial charge >= 0.3 is 5.97 Å². The minimum atomic E-state index is -0.832. The van der Waals surface area contributed by atoms with Gasteiger partial charge in [0.2, 0.25) is 0 Å². The normalized spacial score (nSPS) is 12.1. The molecule has 0 bridgehead atoms. The Balaban J connectivity index is 2.70. The zero-order valence-electron chi connectivity index (χ0n) is 11.5. The predicted molar refractivity (Wildman–Crippen MR) is 74.0 cm³/mol. The van der Waals surface area contributed by atoms with E-state index in [9.17, 15) is 9.90 Å². The second-order valence-electron chi connectivity index (χ2n) is 4.78. The molecule has 18 heavy (non-hydrogen) atoms. The maximum atomic E-state index is 11.3. The van der Waals surface area contributed by atoms with Gasteiger partial charge in [-0.25, -0.2) is 4.98 Å². The standard InChI is InChI=1S/C13H22N2O2S/c1-5-13(6-2,12(16)17)14-7-10-8-18-11(15-10)9(3)4/h8-9,14H,5-7H2,1-4H3,(H,16,17). The van der Waals surface area contributed by atoms with E-state index in [-0.39, 0.29) is 0 Å². The lowest BCUT2D eigenvalue weighted by Gasteiger charge is -2.27. The highest BCUT2D eigenvalue weighted by molar-refractivity contribution is 7.09. The molecule has 1 rings (SSSR count). The highest BCUT2D eigenvalue weighted by Gasteiger charge is 2.34. The lowest BCUT2D eigenvalue weighted by atomic mass is 9.93. The molecule has 102 valence electrons. The van der Waals surface area contributed by atoms with Crippen molar-refractivity contribution in [3.63, 3.8) is 0 Å². The van der Waals surface area contributed by atoms with Crippen LogP contribution in [0.1, 0.15) is 57.2 Å². The van der Waals surface area contributed by atoms with Gasteiger partial charge in [0, 0.05) is 17.8 Å². The molecule has 0 aliphatic carbocycles. The van der Waals surface area contributed by atoms with Crippen molar-refractivity contribution in [2.45, 2.75) is 58.5 Å². The van der Waals surface area contributed by atoms with Gasteiger partial charge in [-0.05, 0) is 12.8 Å². The Bertz CT molecular complexity index is 397. The van der Waals surface area contributed by atoms with Gasteiger partial charge in [0.15, 0.2) is 0 Å². The lowest BCUT2D eigenvalue weighted by molar-refractivity contribution is -0.145. The first-order valence-electron chi connectivity index (χ1n) is 6.38. The maximum Gasteiger partial charge on any atom is 0.323 e. The Morgan fingerprint density at radius 2 is 2.11 bits per heavy atom. The van der Waals surface area contributed by atoms with Crippen molar-refractivity contribution in [2.75, 3.05) is 0 Å². The van der Waals surface area contributed by atoms with Crippen molar-refractivity contribution in [3.8, 4) is 0 Å². The number of hydrogen-bond donors (Lipinski definition) is 2. The molecule has 5 heteroatoms. The summed E-state index contributed by atoms with van der Waals surface area (Å²) in [6, 6.07) is 0. The number of carbonyl (C=O) groups is 1. The molecule has 0 saturated heterocycles. The van der Waals surface area contributed by atoms with Gasteiger partial charge in [0.05, 0.1) is 10.7 Å². The molecule has 1 aromatic rings. The third kappa shape index (κ3) is 3.29. The molecule has 0 saturated carbocycles. The fourth-order valence-electron chi connectivity index (χ4n) is 1.81. The monoisotopic (exact) mass is 270 g/mol. The Hall–Kier alpha value is -0.940. The van der Waals surface area contributed by atoms with E-state index in [0.29, 0.717) is 25.3 Å². The summed E-state index contributed by atoms with van der Waals surface area (Å²) >= 11 is 1.63. The van der Waals surface area contributed by atoms with Crippen LogP contribution < -0.4 is 5.32 Å². The fourth-order valence-corrected chi connectivity index (χ4v) is 2.64. The fraction of sp³-hybridized carbons (Fsp3) is 0.692. The van der Waals surface area contributed by atoms with E-state index in [0.717, 1.165) is 10.7 Å². The van der Waals surface area contributed by atoms with Crippen molar-refractivity contribution in [1.82, 2.24) is 10.3 Å². The lowest BCUT2D eigenvalue weighted by Crippen LogP contribution is -2.50. The van der Waals surface area contributed by atoms with E-state index in [2.05, 4.69) is 24.1 Å². The number of aromatic nitrogens is 1. The molecule has 0 atom stereocenters. The summed E-state index contributed by atoms with van der Waals surface area (Å²) in [5.41, 5.74) is 0.0953. The number of rotatable bonds is 7. The highest BCUT2D eigenvalue weighted by atomic mass is 32.1. The average molecular weight is 270 g/mol. The molecule has 4 nitrogen and oxygen atoms in total. The van der Waals surface area contributed by atoms with Crippen molar-refractivity contribution in [3.05, 3.63) is 16.1 Å². The Labute approximate surface area is 112 Å². The number of aliphatic carboxylic acids is 1. The average Bonchev–Trinajstić information content (AvgIpc) is 2.79. The van der Waals surface area contributed by atoms with E-state index >= 15 is 0 Å². The van der Waals surface area contributed by atoms with E-state index in [1.165, 1.54) is 0 Å². The largest absolute Gasteiger partial charge is 0.480 e. The summed E-state index contributed by atoms with van der Waals surface area (Å²) in [5.74, 6) is -0.364. The minimum absolute atomic E-state index is 0.422. The third-order valence-corrected chi connectivity index (χ3v) is 4.48. The first-order chi connectivity index (χ1) is 8.45. The van der Waals surface area contributed by atoms with Gasteiger partial charge in [-0.1, -0.05) is 27.7 Å². The van der Waals surface area contributed by atoms with Crippen LogP contribution in [-0.2, 0) is 11.3 Å². The van der Waals surface area contributed by atoms with Crippen molar-refractivity contribution < 1.29 is 9.90 Å². The van der Waals surface area contributed by atoms with Crippen LogP contribution in [0.3, 0.4) is 0 Å². The van der Waals surface area contributed by atoms with Gasteiger partial charge in [-0.2, -0.15) is 0 Å². The summed E-state index contributed by atoms with van der Waals surface area (Å²) in [4.78, 5) is 15.8. The smallest absolute Gasteiger partial charge is 0.323 e. The maximum absolute atomic E-state index is 11.3. The van der Waals surface area contributed by atoms with Crippen LogP contribution in [0, 0.1) is 0 Å². The van der Waals surface area contributed by atoms with Crippen LogP contribution in [-0.4, -0.2) is 21.6 Å². The number of nitrogens with zero attached hydrogens (tertiary/aromatic N) is 1. The SMILES string of the molecule is CCC(CC)(NCc1csc(C(C)C)n1)C(=O)O. The zero-order chi connectivity index (χ0) is 13.8. The van der Waals surface area contributed by atoms with Crippen LogP contribution >= 0.6 is 11.3 Å². The van der Waals surface area contributed by atoms with Crippen LogP contribution in [0.5, 0.6) is 0 Å². The molecule has 0 amide bonds. The van der Waals surface area contributed by atoms with Gasteiger partial charge in [-0.3, -0.25) is 10.1 Å². The van der Waals surface area contributed by atoms with Gasteiger partial charge < -0.3 is 5.11 Å². The molecular weight excluding hydrogens is 248 g/mol. The predicted octanol–water partition coefficient (Wildman–Crippen LogP) is 3.00. The molecule has 0 spiro atoms. The summed E-state index contributed by atoms with van der Waals surface area (Å²) in [7, 11) is 0. The molecule has 0 aliphatic heterocycles. The van der Waals surface area contributed by atoms with Crippen LogP contribution in [0.4, 0.5) is 0 Å². The summed E-state index contributed by atoms with van der Waals surface area (Å²) in [6.07, 6.45) is 1.14. The second kappa shape index (κ2) is 6.29. The summed E-state index contributed by atoms with van der Waals surface area (Å²) < 4.78 is 0. The minimum Gasteiger partial charge on any atom is -0.480 e.